The Morgan fingerprint density at radius 1 is 0.422 bits per heavy atom. The lowest BCUT2D eigenvalue weighted by atomic mass is 9.91. The van der Waals surface area contributed by atoms with Crippen LogP contribution in [0.4, 0.5) is 66.2 Å². The summed E-state index contributed by atoms with van der Waals surface area (Å²) in [4.78, 5) is 6.82. The number of hydrogen-bond donors (Lipinski definition) is 0. The van der Waals surface area contributed by atoms with Crippen LogP contribution in [0, 0.1) is 52.8 Å². The first-order valence-corrected chi connectivity index (χ1v) is 19.9. The Kier molecular flexibility index (Phi) is 9.70. The Morgan fingerprint density at radius 2 is 0.828 bits per heavy atom. The highest BCUT2D eigenvalue weighted by Gasteiger charge is 2.26. The Bertz CT molecular complexity index is 3290. The number of nitriles is 1. The van der Waals surface area contributed by atoms with Gasteiger partial charge in [0.2, 0.25) is 0 Å². The monoisotopic (exact) mass is 846 g/mol. The minimum Gasteiger partial charge on any atom is -0.307 e. The van der Waals surface area contributed by atoms with Crippen molar-refractivity contribution >= 4 is 72.1 Å². The van der Waals surface area contributed by atoms with Crippen LogP contribution in [0.3, 0.4) is 0 Å². The molecule has 10 aromatic rings. The maximum Gasteiger partial charge on any atom is 0.187 e. The fraction of sp³-hybridized carbons (Fsp3) is 0. The maximum atomic E-state index is 16.4. The highest BCUT2D eigenvalue weighted by molar-refractivity contribution is 6.28. The van der Waals surface area contributed by atoms with Crippen molar-refractivity contribution in [2.45, 2.75) is 0 Å². The van der Waals surface area contributed by atoms with E-state index >= 15 is 17.6 Å². The minimum atomic E-state index is -0.873. The summed E-state index contributed by atoms with van der Waals surface area (Å²) >= 11 is 0. The average Bonchev–Trinajstić information content (AvgIpc) is 3.31. The van der Waals surface area contributed by atoms with Crippen molar-refractivity contribution in [3.63, 3.8) is 0 Å². The number of anilines is 6. The maximum absolute atomic E-state index is 16.4. The molecule has 0 amide bonds. The predicted molar refractivity (Wildman–Crippen MR) is 241 cm³/mol. The van der Waals surface area contributed by atoms with Gasteiger partial charge in [-0.05, 0) is 118 Å². The Hall–Kier alpha value is -8.60. The highest BCUT2D eigenvalue weighted by atomic mass is 19.2. The van der Waals surface area contributed by atoms with Crippen LogP contribution in [0.5, 0.6) is 0 Å². The molecule has 0 spiro atoms. The number of hydrogen-bond acceptors (Lipinski definition) is 3. The summed E-state index contributed by atoms with van der Waals surface area (Å²) < 4.78 is 91.9. The lowest BCUT2D eigenvalue weighted by Crippen LogP contribution is -2.14. The van der Waals surface area contributed by atoms with Crippen molar-refractivity contribution < 1.29 is 26.3 Å². The molecule has 10 rings (SSSR count). The van der Waals surface area contributed by atoms with Gasteiger partial charge in [0.1, 0.15) is 34.9 Å². The summed E-state index contributed by atoms with van der Waals surface area (Å²) in [5.41, 5.74) is 3.39. The van der Waals surface area contributed by atoms with Crippen molar-refractivity contribution in [3.05, 3.63) is 222 Å². The van der Waals surface area contributed by atoms with Crippen LogP contribution in [0.15, 0.2) is 170 Å². The first-order chi connectivity index (χ1) is 31.1. The first kappa shape index (κ1) is 39.5. The predicted octanol–water partition coefficient (Wildman–Crippen LogP) is 16.1. The fourth-order valence-electron chi connectivity index (χ4n) is 8.46. The molecule has 64 heavy (non-hydrogen) atoms. The van der Waals surface area contributed by atoms with Crippen molar-refractivity contribution in [3.8, 4) is 28.3 Å². The van der Waals surface area contributed by atoms with Gasteiger partial charge in [-0.2, -0.15) is 5.26 Å². The third-order valence-electron chi connectivity index (χ3n) is 11.5. The molecule has 0 aromatic heterocycles. The third kappa shape index (κ3) is 6.75. The molecule has 0 atom stereocenters. The lowest BCUT2D eigenvalue weighted by Gasteiger charge is -2.30. The summed E-state index contributed by atoms with van der Waals surface area (Å²) in [5.74, 6) is -4.45. The van der Waals surface area contributed by atoms with Crippen LogP contribution in [0.1, 0.15) is 5.56 Å². The summed E-state index contributed by atoms with van der Waals surface area (Å²) in [6, 6.07) is 45.1. The molecule has 0 aliphatic heterocycles. The van der Waals surface area contributed by atoms with Gasteiger partial charge in [0.05, 0.1) is 41.0 Å². The SMILES string of the molecule is [C-]#[N+]c1ccc(N(c2cc(-c3ccc(F)cc3)c(F)cc2F)c2ccc3ccc4c(N(c5ccc(C#N)cc5)c5cc(-c6ccc(F)cc6)c(F)cc5F)ccc5ccc2c3c54)cc1. The Balaban J connectivity index is 1.23. The van der Waals surface area contributed by atoms with Crippen molar-refractivity contribution in [2.75, 3.05) is 9.80 Å². The molecule has 0 N–H and O–H groups in total. The minimum absolute atomic E-state index is 0.0113. The molecule has 0 saturated carbocycles. The highest BCUT2D eigenvalue weighted by Crippen LogP contribution is 2.49. The van der Waals surface area contributed by atoms with Crippen LogP contribution < -0.4 is 9.80 Å². The largest absolute Gasteiger partial charge is 0.307 e. The van der Waals surface area contributed by atoms with E-state index in [1.54, 1.807) is 58.3 Å². The van der Waals surface area contributed by atoms with E-state index in [9.17, 15) is 14.0 Å². The third-order valence-corrected chi connectivity index (χ3v) is 11.5. The molecular formula is C54H28F6N4. The van der Waals surface area contributed by atoms with Crippen LogP contribution in [0.2, 0.25) is 0 Å². The van der Waals surface area contributed by atoms with E-state index in [1.807, 2.05) is 48.5 Å². The molecule has 0 unspecified atom stereocenters. The summed E-state index contributed by atoms with van der Waals surface area (Å²) in [5, 5.41) is 14.1. The summed E-state index contributed by atoms with van der Waals surface area (Å²) in [7, 11) is 0. The molecule has 306 valence electrons. The number of rotatable bonds is 8. The zero-order valence-electron chi connectivity index (χ0n) is 33.2. The normalized spacial score (nSPS) is 11.2. The molecule has 0 saturated heterocycles. The molecule has 0 bridgehead atoms. The van der Waals surface area contributed by atoms with Gasteiger partial charge >= 0.3 is 0 Å². The van der Waals surface area contributed by atoms with E-state index in [2.05, 4.69) is 10.9 Å². The molecule has 0 aliphatic rings. The number of halogens is 6. The zero-order chi connectivity index (χ0) is 44.2. The molecule has 0 aliphatic carbocycles. The Labute approximate surface area is 362 Å². The fourth-order valence-corrected chi connectivity index (χ4v) is 8.46. The second-order valence-electron chi connectivity index (χ2n) is 15.1. The van der Waals surface area contributed by atoms with Gasteiger partial charge < -0.3 is 9.80 Å². The van der Waals surface area contributed by atoms with Crippen LogP contribution >= 0.6 is 0 Å². The molecular weight excluding hydrogens is 819 g/mol. The molecule has 0 radical (unpaired) electrons. The van der Waals surface area contributed by atoms with E-state index in [4.69, 9.17) is 6.57 Å². The van der Waals surface area contributed by atoms with Crippen molar-refractivity contribution in [1.82, 2.24) is 0 Å². The van der Waals surface area contributed by atoms with Gasteiger partial charge in [-0.25, -0.2) is 31.2 Å². The van der Waals surface area contributed by atoms with E-state index in [0.29, 0.717) is 55.9 Å². The molecule has 0 fully saturated rings. The van der Waals surface area contributed by atoms with Crippen LogP contribution in [0.25, 0.3) is 59.4 Å². The molecule has 10 aromatic carbocycles. The first-order valence-electron chi connectivity index (χ1n) is 19.9. The second kappa shape index (κ2) is 15.7. The zero-order valence-corrected chi connectivity index (χ0v) is 33.2. The molecule has 10 heteroatoms. The number of benzene rings is 10. The Morgan fingerprint density at radius 3 is 1.23 bits per heavy atom. The number of nitrogens with zero attached hydrogens (tertiary/aromatic N) is 4. The van der Waals surface area contributed by atoms with Gasteiger partial charge in [0, 0.05) is 45.4 Å². The van der Waals surface area contributed by atoms with Crippen LogP contribution in [-0.2, 0) is 0 Å². The molecule has 4 nitrogen and oxygen atoms in total. The summed E-state index contributed by atoms with van der Waals surface area (Å²) in [6.07, 6.45) is 0. The standard InChI is InChI=1S/C54H28F6N4/c1-62-38-16-20-40(21-17-38)64(52-27-44(46(58)29-48(52)60)33-6-14-37(56)15-7-33)50-25-11-35-8-22-41-49(24-10-34-9-23-42(50)54(35)53(34)41)63(39-18-2-31(30-61)3-19-39)51-26-43(45(57)28-47(51)59)32-4-12-36(55)13-5-32/h2-29H. The summed E-state index contributed by atoms with van der Waals surface area (Å²) in [6.45, 7) is 7.54. The van der Waals surface area contributed by atoms with Gasteiger partial charge in [-0.15, -0.1) is 0 Å². The van der Waals surface area contributed by atoms with Gasteiger partial charge in [0.15, 0.2) is 5.69 Å². The quantitative estimate of drug-likeness (QED) is 0.0868. The van der Waals surface area contributed by atoms with Crippen molar-refractivity contribution in [2.24, 2.45) is 0 Å². The molecule has 0 heterocycles. The lowest BCUT2D eigenvalue weighted by molar-refractivity contribution is 0.585. The van der Waals surface area contributed by atoms with E-state index in [-0.39, 0.29) is 22.5 Å². The van der Waals surface area contributed by atoms with Gasteiger partial charge in [-0.1, -0.05) is 72.8 Å². The second-order valence-corrected chi connectivity index (χ2v) is 15.1. The topological polar surface area (TPSA) is 34.6 Å². The average molecular weight is 847 g/mol. The van der Waals surface area contributed by atoms with E-state index in [0.717, 1.165) is 33.7 Å². The van der Waals surface area contributed by atoms with E-state index < -0.39 is 34.9 Å². The van der Waals surface area contributed by atoms with Gasteiger partial charge in [0.25, 0.3) is 0 Å². The van der Waals surface area contributed by atoms with E-state index in [1.165, 1.54) is 60.7 Å². The smallest absolute Gasteiger partial charge is 0.187 e. The van der Waals surface area contributed by atoms with Gasteiger partial charge in [-0.3, -0.25) is 0 Å². The van der Waals surface area contributed by atoms with Crippen molar-refractivity contribution in [1.29, 1.82) is 5.26 Å². The van der Waals surface area contributed by atoms with Crippen LogP contribution in [-0.4, -0.2) is 0 Å².